The Kier molecular flexibility index (Phi) is 3.24. The molecule has 0 bridgehead atoms. The van der Waals surface area contributed by atoms with Gasteiger partial charge in [-0.3, -0.25) is 4.99 Å². The molecule has 1 atom stereocenters. The second-order valence-corrected chi connectivity index (χ2v) is 1.21. The minimum atomic E-state index is -0.516. The first-order valence-corrected chi connectivity index (χ1v) is 2.04. The molecule has 0 aromatic heterocycles. The number of nitrogens with zero attached hydrogens (tertiary/aromatic N) is 1. The summed E-state index contributed by atoms with van der Waals surface area (Å²) < 4.78 is 0. The predicted molar refractivity (Wildman–Crippen MR) is 30.6 cm³/mol. The van der Waals surface area contributed by atoms with E-state index in [1.54, 1.807) is 0 Å². The van der Waals surface area contributed by atoms with Gasteiger partial charge in [-0.15, -0.1) is 6.58 Å². The Morgan fingerprint density at radius 3 is 2.57 bits per heavy atom. The molecule has 0 amide bonds. The van der Waals surface area contributed by atoms with Crippen molar-refractivity contribution in [3.05, 3.63) is 12.7 Å². The number of aliphatic hydroxyl groups is 1. The number of hydrogen-bond donors (Lipinski definition) is 1. The minimum absolute atomic E-state index is 0.351. The molecular formula is C5H9NO. The van der Waals surface area contributed by atoms with Crippen molar-refractivity contribution in [2.75, 3.05) is 6.54 Å². The van der Waals surface area contributed by atoms with Crippen molar-refractivity contribution < 1.29 is 5.11 Å². The molecule has 1 N–H and O–H groups in total. The highest BCUT2D eigenvalue weighted by atomic mass is 16.3. The molecule has 7 heavy (non-hydrogen) atoms. The van der Waals surface area contributed by atoms with Crippen molar-refractivity contribution in [1.82, 2.24) is 0 Å². The summed E-state index contributed by atoms with van der Waals surface area (Å²) >= 11 is 0. The van der Waals surface area contributed by atoms with Gasteiger partial charge in [-0.05, 0) is 6.72 Å². The Bertz CT molecular complexity index is 70.5. The lowest BCUT2D eigenvalue weighted by atomic mass is 10.4. The van der Waals surface area contributed by atoms with Crippen LogP contribution in [0.4, 0.5) is 0 Å². The zero-order valence-electron chi connectivity index (χ0n) is 4.17. The third kappa shape index (κ3) is 3.19. The van der Waals surface area contributed by atoms with E-state index in [1.807, 2.05) is 0 Å². The van der Waals surface area contributed by atoms with Crippen LogP contribution in [0.25, 0.3) is 0 Å². The van der Waals surface area contributed by atoms with Gasteiger partial charge in [0.05, 0.1) is 12.6 Å². The summed E-state index contributed by atoms with van der Waals surface area (Å²) in [6.07, 6.45) is 0.909. The first kappa shape index (κ1) is 6.37. The van der Waals surface area contributed by atoms with Gasteiger partial charge in [0.2, 0.25) is 0 Å². The summed E-state index contributed by atoms with van der Waals surface area (Å²) in [6, 6.07) is 0. The van der Waals surface area contributed by atoms with E-state index in [-0.39, 0.29) is 0 Å². The first-order chi connectivity index (χ1) is 3.31. The van der Waals surface area contributed by atoms with E-state index in [0.29, 0.717) is 6.54 Å². The van der Waals surface area contributed by atoms with Crippen LogP contribution in [0.2, 0.25) is 0 Å². The van der Waals surface area contributed by atoms with E-state index in [1.165, 1.54) is 6.08 Å². The maximum Gasteiger partial charge on any atom is 0.0913 e. The minimum Gasteiger partial charge on any atom is -0.387 e. The monoisotopic (exact) mass is 99.1 g/mol. The smallest absolute Gasteiger partial charge is 0.0913 e. The Hall–Kier alpha value is -0.630. The van der Waals surface area contributed by atoms with Crippen molar-refractivity contribution in [2.45, 2.75) is 6.10 Å². The highest BCUT2D eigenvalue weighted by Gasteiger charge is 1.89. The average molecular weight is 99.1 g/mol. The van der Waals surface area contributed by atoms with Crippen LogP contribution in [0, 0.1) is 0 Å². The fourth-order valence-corrected chi connectivity index (χ4v) is 0.207. The lowest BCUT2D eigenvalue weighted by molar-refractivity contribution is 0.233. The van der Waals surface area contributed by atoms with Crippen LogP contribution in [0.3, 0.4) is 0 Å². The highest BCUT2D eigenvalue weighted by molar-refractivity contribution is 5.23. The molecule has 0 aliphatic rings. The molecule has 2 heteroatoms. The largest absolute Gasteiger partial charge is 0.387 e. The number of aliphatic imine (C=N–C) groups is 1. The topological polar surface area (TPSA) is 32.6 Å². The van der Waals surface area contributed by atoms with E-state index in [4.69, 9.17) is 5.11 Å². The fraction of sp³-hybridized carbons (Fsp3) is 0.400. The Balaban J connectivity index is 3.15. The average Bonchev–Trinajstić information content (AvgIpc) is 1.68. The molecule has 0 radical (unpaired) electrons. The second kappa shape index (κ2) is 3.56. The third-order valence-corrected chi connectivity index (χ3v) is 0.588. The highest BCUT2D eigenvalue weighted by Crippen LogP contribution is 1.80. The van der Waals surface area contributed by atoms with Crippen LogP contribution in [-0.2, 0) is 0 Å². The van der Waals surface area contributed by atoms with Gasteiger partial charge in [0.15, 0.2) is 0 Å². The van der Waals surface area contributed by atoms with Gasteiger partial charge in [-0.1, -0.05) is 6.08 Å². The second-order valence-electron chi connectivity index (χ2n) is 1.21. The van der Waals surface area contributed by atoms with Crippen LogP contribution < -0.4 is 0 Å². The summed E-state index contributed by atoms with van der Waals surface area (Å²) in [5.74, 6) is 0. The summed E-state index contributed by atoms with van der Waals surface area (Å²) in [6.45, 7) is 6.88. The van der Waals surface area contributed by atoms with Crippen LogP contribution in [0.1, 0.15) is 0 Å². The van der Waals surface area contributed by atoms with E-state index < -0.39 is 6.10 Å². The molecular weight excluding hydrogens is 90.1 g/mol. The molecule has 1 unspecified atom stereocenters. The van der Waals surface area contributed by atoms with E-state index in [2.05, 4.69) is 18.3 Å². The van der Waals surface area contributed by atoms with Crippen molar-refractivity contribution in [1.29, 1.82) is 0 Å². The molecule has 0 aliphatic heterocycles. The summed E-state index contributed by atoms with van der Waals surface area (Å²) in [5.41, 5.74) is 0. The SMILES string of the molecule is C=CC(O)CN=C. The quantitative estimate of drug-likeness (QED) is 0.399. The number of rotatable bonds is 3. The Labute approximate surface area is 43.2 Å². The third-order valence-electron chi connectivity index (χ3n) is 0.588. The van der Waals surface area contributed by atoms with Crippen LogP contribution in [0.15, 0.2) is 17.6 Å². The van der Waals surface area contributed by atoms with Gasteiger partial charge in [-0.2, -0.15) is 0 Å². The maximum absolute atomic E-state index is 8.61. The summed E-state index contributed by atoms with van der Waals surface area (Å²) in [5, 5.41) is 8.61. The molecule has 0 aromatic rings. The van der Waals surface area contributed by atoms with Crippen LogP contribution >= 0.6 is 0 Å². The fourth-order valence-electron chi connectivity index (χ4n) is 0.207. The molecule has 0 spiro atoms. The first-order valence-electron chi connectivity index (χ1n) is 2.04. The Morgan fingerprint density at radius 2 is 2.43 bits per heavy atom. The Morgan fingerprint density at radius 1 is 1.86 bits per heavy atom. The summed E-state index contributed by atoms with van der Waals surface area (Å²) in [4.78, 5) is 3.44. The van der Waals surface area contributed by atoms with Crippen LogP contribution in [-0.4, -0.2) is 24.5 Å². The molecule has 0 heterocycles. The predicted octanol–water partition coefficient (Wildman–Crippen LogP) is 0.234. The van der Waals surface area contributed by atoms with Gasteiger partial charge >= 0.3 is 0 Å². The van der Waals surface area contributed by atoms with Crippen LogP contribution in [0.5, 0.6) is 0 Å². The van der Waals surface area contributed by atoms with Gasteiger partial charge in [-0.25, -0.2) is 0 Å². The van der Waals surface area contributed by atoms with Gasteiger partial charge in [0, 0.05) is 0 Å². The number of hydrogen-bond acceptors (Lipinski definition) is 2. The van der Waals surface area contributed by atoms with E-state index in [0.717, 1.165) is 0 Å². The lowest BCUT2D eigenvalue weighted by Gasteiger charge is -1.94. The molecule has 0 aliphatic carbocycles. The van der Waals surface area contributed by atoms with E-state index >= 15 is 0 Å². The van der Waals surface area contributed by atoms with Gasteiger partial charge in [0.25, 0.3) is 0 Å². The molecule has 2 nitrogen and oxygen atoms in total. The normalized spacial score (nSPS) is 12.7. The molecule has 0 rings (SSSR count). The standard InChI is InChI=1S/C5H9NO/c1-3-5(7)4-6-2/h3,5,7H,1-2,4H2. The number of aliphatic hydroxyl groups excluding tert-OH is 1. The summed E-state index contributed by atoms with van der Waals surface area (Å²) in [7, 11) is 0. The van der Waals surface area contributed by atoms with Gasteiger partial charge in [0.1, 0.15) is 0 Å². The molecule has 0 aromatic carbocycles. The van der Waals surface area contributed by atoms with Crippen molar-refractivity contribution in [3.63, 3.8) is 0 Å². The molecule has 0 saturated heterocycles. The van der Waals surface area contributed by atoms with Crippen molar-refractivity contribution in [3.8, 4) is 0 Å². The van der Waals surface area contributed by atoms with Crippen molar-refractivity contribution >= 4 is 6.72 Å². The molecule has 0 saturated carbocycles. The molecule has 40 valence electrons. The van der Waals surface area contributed by atoms with Gasteiger partial charge < -0.3 is 5.11 Å². The van der Waals surface area contributed by atoms with E-state index in [9.17, 15) is 0 Å². The zero-order valence-corrected chi connectivity index (χ0v) is 4.17. The van der Waals surface area contributed by atoms with Crippen molar-refractivity contribution in [2.24, 2.45) is 4.99 Å². The zero-order chi connectivity index (χ0) is 5.70. The lowest BCUT2D eigenvalue weighted by Crippen LogP contribution is -2.04. The maximum atomic E-state index is 8.61. The molecule has 0 fully saturated rings.